The molecule has 1 aliphatic heterocycles. The average molecular weight is 370 g/mol. The number of aromatic nitrogens is 2. The molecule has 1 aromatic heterocycles. The summed E-state index contributed by atoms with van der Waals surface area (Å²) >= 11 is 0. The number of hydrogen-bond donors (Lipinski definition) is 0. The maximum Gasteiger partial charge on any atom is 0.346 e. The third-order valence-corrected chi connectivity index (χ3v) is 4.66. The first-order valence-corrected chi connectivity index (χ1v) is 8.94. The first-order chi connectivity index (χ1) is 12.7. The van der Waals surface area contributed by atoms with E-state index in [-0.39, 0.29) is 42.6 Å². The molecule has 1 aromatic carbocycles. The summed E-state index contributed by atoms with van der Waals surface area (Å²) in [6, 6.07) is 6.65. The van der Waals surface area contributed by atoms with E-state index >= 15 is 0 Å². The number of benzene rings is 1. The molecule has 2 amide bonds. The maximum atomic E-state index is 12.5. The zero-order valence-corrected chi connectivity index (χ0v) is 15.8. The van der Waals surface area contributed by atoms with Crippen molar-refractivity contribution in [2.24, 2.45) is 0 Å². The third kappa shape index (κ3) is 3.11. The highest BCUT2D eigenvalue weighted by Gasteiger charge is 2.37. The van der Waals surface area contributed by atoms with Gasteiger partial charge in [-0.2, -0.15) is 0 Å². The fraction of sp³-hybridized carbons (Fsp3) is 0.421. The van der Waals surface area contributed by atoms with Gasteiger partial charge >= 0.3 is 5.82 Å². The minimum Gasteiger partial charge on any atom is -0.358 e. The lowest BCUT2D eigenvalue weighted by molar-refractivity contribution is -0.393. The van der Waals surface area contributed by atoms with Crippen LogP contribution >= 0.6 is 0 Å². The van der Waals surface area contributed by atoms with E-state index in [9.17, 15) is 19.7 Å². The van der Waals surface area contributed by atoms with Gasteiger partial charge in [-0.05, 0) is 17.1 Å². The van der Waals surface area contributed by atoms with Crippen molar-refractivity contribution in [1.29, 1.82) is 0 Å². The van der Waals surface area contributed by atoms with Crippen molar-refractivity contribution >= 4 is 17.6 Å². The van der Waals surface area contributed by atoms with Gasteiger partial charge in [-0.15, -0.1) is 0 Å². The van der Waals surface area contributed by atoms with Gasteiger partial charge in [0.1, 0.15) is 12.2 Å². The normalized spacial score (nSPS) is 13.8. The molecule has 0 unspecified atom stereocenters. The number of hydrogen-bond acceptors (Lipinski definition) is 5. The van der Waals surface area contributed by atoms with Crippen LogP contribution in [0.3, 0.4) is 0 Å². The summed E-state index contributed by atoms with van der Waals surface area (Å²) in [5.74, 6) is -0.351. The van der Waals surface area contributed by atoms with E-state index in [4.69, 9.17) is 0 Å². The van der Waals surface area contributed by atoms with Crippen molar-refractivity contribution in [3.63, 3.8) is 0 Å². The monoisotopic (exact) mass is 370 g/mol. The molecule has 142 valence electrons. The molecule has 8 heteroatoms. The van der Waals surface area contributed by atoms with E-state index in [1.807, 2.05) is 27.7 Å². The molecule has 0 saturated heterocycles. The summed E-state index contributed by atoms with van der Waals surface area (Å²) < 4.78 is 1.53. The minimum atomic E-state index is -0.434. The fourth-order valence-electron chi connectivity index (χ4n) is 3.36. The number of carbonyl (C=O) groups excluding carboxylic acids is 2. The number of nitro groups is 1. The van der Waals surface area contributed by atoms with Crippen LogP contribution in [-0.2, 0) is 6.54 Å². The summed E-state index contributed by atoms with van der Waals surface area (Å²) in [5, 5.41) is 11.7. The van der Waals surface area contributed by atoms with Gasteiger partial charge in [0.2, 0.25) is 0 Å². The highest BCUT2D eigenvalue weighted by molar-refractivity contribution is 6.21. The topological polar surface area (TPSA) is 98.3 Å². The molecular formula is C19H22N4O4. The van der Waals surface area contributed by atoms with Gasteiger partial charge in [-0.1, -0.05) is 39.8 Å². The zero-order chi connectivity index (χ0) is 19.9. The molecule has 3 rings (SSSR count). The van der Waals surface area contributed by atoms with Crippen LogP contribution in [0, 0.1) is 10.1 Å². The Morgan fingerprint density at radius 3 is 2.00 bits per heavy atom. The molecule has 1 aliphatic rings. The number of nitrogens with zero attached hydrogens (tertiary/aromatic N) is 4. The lowest BCUT2D eigenvalue weighted by Crippen LogP contribution is -2.33. The molecule has 0 fully saturated rings. The van der Waals surface area contributed by atoms with Gasteiger partial charge in [0, 0.05) is 11.8 Å². The quantitative estimate of drug-likeness (QED) is 0.441. The zero-order valence-electron chi connectivity index (χ0n) is 15.8. The van der Waals surface area contributed by atoms with Crippen molar-refractivity contribution < 1.29 is 14.5 Å². The average Bonchev–Trinajstić information content (AvgIpc) is 3.11. The molecule has 0 N–H and O–H groups in total. The molecule has 27 heavy (non-hydrogen) atoms. The standard InChI is InChI=1S/C19H22N4O4/c1-11(2)15-17(23(26)27)21(16(20-15)12(3)4)9-10-22-18(24)13-7-5-6-8-14(13)19(22)25/h5-8,11-12H,9-10H2,1-4H3. The Labute approximate surface area is 157 Å². The van der Waals surface area contributed by atoms with Gasteiger partial charge in [-0.3, -0.25) is 14.5 Å². The third-order valence-electron chi connectivity index (χ3n) is 4.66. The molecule has 2 heterocycles. The predicted octanol–water partition coefficient (Wildman–Crippen LogP) is 3.33. The van der Waals surface area contributed by atoms with Crippen LogP contribution in [0.4, 0.5) is 5.82 Å². The molecule has 0 saturated carbocycles. The van der Waals surface area contributed by atoms with Crippen LogP contribution < -0.4 is 0 Å². The van der Waals surface area contributed by atoms with Crippen LogP contribution in [-0.4, -0.2) is 37.7 Å². The minimum absolute atomic E-state index is 0.0293. The smallest absolute Gasteiger partial charge is 0.346 e. The highest BCUT2D eigenvalue weighted by atomic mass is 16.6. The van der Waals surface area contributed by atoms with Crippen LogP contribution in [0.15, 0.2) is 24.3 Å². The summed E-state index contributed by atoms with van der Waals surface area (Å²) in [6.07, 6.45) is 0. The van der Waals surface area contributed by atoms with Gasteiger partial charge in [0.25, 0.3) is 11.8 Å². The van der Waals surface area contributed by atoms with E-state index in [0.717, 1.165) is 4.90 Å². The summed E-state index contributed by atoms with van der Waals surface area (Å²) in [4.78, 5) is 41.9. The predicted molar refractivity (Wildman–Crippen MR) is 98.9 cm³/mol. The molecule has 0 atom stereocenters. The van der Waals surface area contributed by atoms with E-state index in [1.165, 1.54) is 4.57 Å². The Kier molecular flexibility index (Phi) is 4.82. The van der Waals surface area contributed by atoms with Gasteiger partial charge in [0.15, 0.2) is 5.82 Å². The molecule has 0 aliphatic carbocycles. The molecular weight excluding hydrogens is 348 g/mol. The first kappa shape index (κ1) is 18.8. The van der Waals surface area contributed by atoms with Crippen molar-refractivity contribution in [2.75, 3.05) is 6.54 Å². The van der Waals surface area contributed by atoms with E-state index in [1.54, 1.807) is 24.3 Å². The first-order valence-electron chi connectivity index (χ1n) is 8.94. The second-order valence-electron chi connectivity index (χ2n) is 7.20. The molecule has 0 bridgehead atoms. The second-order valence-corrected chi connectivity index (χ2v) is 7.20. The van der Waals surface area contributed by atoms with Gasteiger partial charge in [0.05, 0.1) is 17.7 Å². The Balaban J connectivity index is 1.94. The molecule has 8 nitrogen and oxygen atoms in total. The largest absolute Gasteiger partial charge is 0.358 e. The Hall–Kier alpha value is -3.03. The van der Waals surface area contributed by atoms with Crippen molar-refractivity contribution in [3.8, 4) is 0 Å². The SMILES string of the molecule is CC(C)c1nc(C(C)C)n(CCN2C(=O)c3ccccc3C2=O)c1[N+](=O)[O-]. The number of amides is 2. The number of carbonyl (C=O) groups is 2. The number of rotatable bonds is 6. The van der Waals surface area contributed by atoms with Gasteiger partial charge < -0.3 is 10.1 Å². The van der Waals surface area contributed by atoms with Crippen molar-refractivity contribution in [1.82, 2.24) is 14.5 Å². The molecule has 0 radical (unpaired) electrons. The number of imide groups is 1. The van der Waals surface area contributed by atoms with E-state index < -0.39 is 4.92 Å². The second kappa shape index (κ2) is 6.94. The van der Waals surface area contributed by atoms with Crippen LogP contribution in [0.5, 0.6) is 0 Å². The lowest BCUT2D eigenvalue weighted by Gasteiger charge is -2.14. The molecule has 0 spiro atoms. The lowest BCUT2D eigenvalue weighted by atomic mass is 10.1. The van der Waals surface area contributed by atoms with Crippen LogP contribution in [0.2, 0.25) is 0 Å². The Morgan fingerprint density at radius 1 is 1.00 bits per heavy atom. The van der Waals surface area contributed by atoms with Crippen molar-refractivity contribution in [3.05, 3.63) is 57.0 Å². The summed E-state index contributed by atoms with van der Waals surface area (Å²) in [5.41, 5.74) is 1.16. The Bertz CT molecular complexity index is 895. The van der Waals surface area contributed by atoms with Crippen LogP contribution in [0.1, 0.15) is 71.8 Å². The number of fused-ring (bicyclic) bond motifs is 1. The number of imidazole rings is 1. The summed E-state index contributed by atoms with van der Waals surface area (Å²) in [6.45, 7) is 7.72. The van der Waals surface area contributed by atoms with Crippen molar-refractivity contribution in [2.45, 2.75) is 46.1 Å². The fourth-order valence-corrected chi connectivity index (χ4v) is 3.36. The summed E-state index contributed by atoms with van der Waals surface area (Å²) in [7, 11) is 0. The van der Waals surface area contributed by atoms with Crippen LogP contribution in [0.25, 0.3) is 0 Å². The van der Waals surface area contributed by atoms with E-state index in [2.05, 4.69) is 4.98 Å². The van der Waals surface area contributed by atoms with Gasteiger partial charge in [-0.25, -0.2) is 9.55 Å². The Morgan fingerprint density at radius 2 is 1.56 bits per heavy atom. The maximum absolute atomic E-state index is 12.5. The van der Waals surface area contributed by atoms with E-state index in [0.29, 0.717) is 22.6 Å². The highest BCUT2D eigenvalue weighted by Crippen LogP contribution is 2.31. The molecule has 2 aromatic rings.